The molecule has 0 atom stereocenters. The van der Waals surface area contributed by atoms with Gasteiger partial charge >= 0.3 is 0 Å². The molecule has 10 nitrogen and oxygen atoms in total. The van der Waals surface area contributed by atoms with Gasteiger partial charge in [-0.1, -0.05) is 0 Å². The first-order chi connectivity index (χ1) is 16.3. The largest absolute Gasteiger partial charge is 0.457 e. The Kier molecular flexibility index (Phi) is 5.33. The number of aromatic nitrogens is 6. The number of imidazole rings is 1. The number of aryl methyl sites for hydroxylation is 2. The van der Waals surface area contributed by atoms with E-state index in [1.54, 1.807) is 0 Å². The number of hydrogen-bond acceptors (Lipinski definition) is 9. The topological polar surface area (TPSA) is 125 Å². The first-order valence-corrected chi connectivity index (χ1v) is 12.4. The Morgan fingerprint density at radius 3 is 2.65 bits per heavy atom. The van der Waals surface area contributed by atoms with E-state index in [4.69, 9.17) is 4.74 Å². The molecule has 0 spiro atoms. The molecule has 2 aromatic carbocycles. The Morgan fingerprint density at radius 2 is 1.88 bits per heavy atom. The predicted octanol–water partition coefficient (Wildman–Crippen LogP) is 4.04. The maximum absolute atomic E-state index is 11.9. The van der Waals surface area contributed by atoms with Crippen LogP contribution in [0, 0.1) is 6.92 Å². The van der Waals surface area contributed by atoms with Crippen LogP contribution in [0.4, 0.5) is 11.5 Å². The third-order valence-corrected chi connectivity index (χ3v) is 6.15. The van der Waals surface area contributed by atoms with E-state index in [0.29, 0.717) is 28.4 Å². The van der Waals surface area contributed by atoms with Crippen LogP contribution < -0.4 is 10.1 Å². The highest BCUT2D eigenvalue weighted by Gasteiger charge is 2.15. The van der Waals surface area contributed by atoms with Crippen molar-refractivity contribution in [2.75, 3.05) is 11.6 Å². The molecule has 0 aliphatic rings. The van der Waals surface area contributed by atoms with Crippen molar-refractivity contribution in [1.82, 2.24) is 29.5 Å². The summed E-state index contributed by atoms with van der Waals surface area (Å²) in [6.07, 6.45) is 5.61. The molecule has 1 N–H and O–H groups in total. The average molecular weight is 476 g/mol. The van der Waals surface area contributed by atoms with Crippen molar-refractivity contribution in [2.45, 2.75) is 25.5 Å². The molecular weight excluding hydrogens is 454 g/mol. The molecule has 3 aromatic heterocycles. The Balaban J connectivity index is 1.42. The molecule has 34 heavy (non-hydrogen) atoms. The fraction of sp³-hybridized carbons (Fsp3) is 0.174. The predicted molar refractivity (Wildman–Crippen MR) is 128 cm³/mol. The number of benzene rings is 2. The third-order valence-electron chi connectivity index (χ3n) is 5.29. The van der Waals surface area contributed by atoms with Crippen LogP contribution in [-0.4, -0.2) is 44.2 Å². The summed E-state index contributed by atoms with van der Waals surface area (Å²) in [4.78, 5) is 20.8. The first kappa shape index (κ1) is 21.7. The monoisotopic (exact) mass is 475 g/mol. The van der Waals surface area contributed by atoms with Crippen molar-refractivity contribution in [1.29, 1.82) is 0 Å². The van der Waals surface area contributed by atoms with Gasteiger partial charge in [-0.2, -0.15) is 0 Å². The summed E-state index contributed by atoms with van der Waals surface area (Å²) >= 11 is 0. The molecule has 172 valence electrons. The van der Waals surface area contributed by atoms with Gasteiger partial charge in [0.15, 0.2) is 5.82 Å². The van der Waals surface area contributed by atoms with Crippen molar-refractivity contribution in [3.8, 4) is 11.5 Å². The van der Waals surface area contributed by atoms with Gasteiger partial charge < -0.3 is 14.6 Å². The summed E-state index contributed by atoms with van der Waals surface area (Å²) in [5.41, 5.74) is 4.32. The number of sulfone groups is 1. The minimum Gasteiger partial charge on any atom is -0.457 e. The van der Waals surface area contributed by atoms with E-state index in [9.17, 15) is 8.42 Å². The number of hydrogen-bond donors (Lipinski definition) is 1. The van der Waals surface area contributed by atoms with E-state index in [1.165, 1.54) is 12.5 Å². The van der Waals surface area contributed by atoms with Crippen LogP contribution in [0.5, 0.6) is 11.5 Å². The summed E-state index contributed by atoms with van der Waals surface area (Å²) in [5.74, 6) is 1.78. The van der Waals surface area contributed by atoms with Gasteiger partial charge in [0.2, 0.25) is 15.0 Å². The number of fused-ring (bicyclic) bond motifs is 2. The summed E-state index contributed by atoms with van der Waals surface area (Å²) in [6.45, 7) is 4.87. The standard InChI is InChI=1S/C23H21N7O3S/c1-4-30-13-27-17-10-16(6-7-19(17)30)33-20-8-5-15(9-14(20)2)28-22-21-18(25-12-26-22)11-24-23(29-21)34(3,31)32/h5-13H,4H2,1-3H3,(H,25,26,28). The maximum atomic E-state index is 11.9. The molecule has 0 aliphatic heterocycles. The Bertz CT molecular complexity index is 1650. The second-order valence-corrected chi connectivity index (χ2v) is 9.68. The highest BCUT2D eigenvalue weighted by molar-refractivity contribution is 7.90. The molecule has 5 rings (SSSR count). The van der Waals surface area contributed by atoms with Crippen molar-refractivity contribution >= 4 is 43.4 Å². The molecule has 0 amide bonds. The third kappa shape index (κ3) is 4.13. The molecule has 5 aromatic rings. The minimum absolute atomic E-state index is 0.279. The smallest absolute Gasteiger partial charge is 0.247 e. The fourth-order valence-corrected chi connectivity index (χ4v) is 4.07. The fourth-order valence-electron chi connectivity index (χ4n) is 3.57. The lowest BCUT2D eigenvalue weighted by molar-refractivity contribution is 0.479. The van der Waals surface area contributed by atoms with Crippen LogP contribution in [0.3, 0.4) is 0 Å². The molecule has 0 fully saturated rings. The van der Waals surface area contributed by atoms with Crippen LogP contribution in [0.2, 0.25) is 0 Å². The average Bonchev–Trinajstić information content (AvgIpc) is 3.22. The zero-order valence-electron chi connectivity index (χ0n) is 18.7. The van der Waals surface area contributed by atoms with Crippen LogP contribution in [-0.2, 0) is 16.4 Å². The molecule has 0 bridgehead atoms. The molecule has 0 saturated carbocycles. The van der Waals surface area contributed by atoms with Crippen molar-refractivity contribution in [3.05, 3.63) is 60.8 Å². The maximum Gasteiger partial charge on any atom is 0.247 e. The van der Waals surface area contributed by atoms with Gasteiger partial charge in [0.25, 0.3) is 0 Å². The molecule has 3 heterocycles. The highest BCUT2D eigenvalue weighted by atomic mass is 32.2. The van der Waals surface area contributed by atoms with Crippen molar-refractivity contribution in [2.24, 2.45) is 0 Å². The summed E-state index contributed by atoms with van der Waals surface area (Å²) < 4.78 is 31.9. The minimum atomic E-state index is -3.57. The molecule has 0 saturated heterocycles. The molecule has 0 aliphatic carbocycles. The highest BCUT2D eigenvalue weighted by Crippen LogP contribution is 2.30. The summed E-state index contributed by atoms with van der Waals surface area (Å²) in [6, 6.07) is 11.4. The number of nitrogens with one attached hydrogen (secondary N) is 1. The lowest BCUT2D eigenvalue weighted by Gasteiger charge is -2.12. The summed E-state index contributed by atoms with van der Waals surface area (Å²) in [7, 11) is -3.57. The Morgan fingerprint density at radius 1 is 1.03 bits per heavy atom. The van der Waals surface area contributed by atoms with E-state index in [0.717, 1.165) is 35.1 Å². The van der Waals surface area contributed by atoms with Crippen molar-refractivity contribution < 1.29 is 13.2 Å². The van der Waals surface area contributed by atoms with E-state index >= 15 is 0 Å². The summed E-state index contributed by atoms with van der Waals surface area (Å²) in [5, 5.41) is 2.91. The molecule has 0 radical (unpaired) electrons. The number of anilines is 2. The van der Waals surface area contributed by atoms with Crippen LogP contribution >= 0.6 is 0 Å². The SMILES string of the molecule is CCn1cnc2cc(Oc3ccc(Nc4ncnc5cnc(S(C)(=O)=O)nc45)cc3C)ccc21. The molecular formula is C23H21N7O3S. The van der Waals surface area contributed by atoms with E-state index < -0.39 is 9.84 Å². The lowest BCUT2D eigenvalue weighted by Crippen LogP contribution is -2.06. The first-order valence-electron chi connectivity index (χ1n) is 10.5. The van der Waals surface area contributed by atoms with Gasteiger partial charge in [0.05, 0.1) is 23.6 Å². The van der Waals surface area contributed by atoms with E-state index in [2.05, 4.69) is 41.7 Å². The van der Waals surface area contributed by atoms with Crippen LogP contribution in [0.1, 0.15) is 12.5 Å². The van der Waals surface area contributed by atoms with Gasteiger partial charge in [-0.15, -0.1) is 0 Å². The van der Waals surface area contributed by atoms with E-state index in [1.807, 2.05) is 49.6 Å². The van der Waals surface area contributed by atoms with E-state index in [-0.39, 0.29) is 5.16 Å². The second-order valence-electron chi connectivity index (χ2n) is 7.77. The number of rotatable bonds is 6. The lowest BCUT2D eigenvalue weighted by atomic mass is 10.2. The second kappa shape index (κ2) is 8.34. The van der Waals surface area contributed by atoms with Crippen LogP contribution in [0.15, 0.2) is 60.4 Å². The van der Waals surface area contributed by atoms with Crippen molar-refractivity contribution in [3.63, 3.8) is 0 Å². The van der Waals surface area contributed by atoms with Gasteiger partial charge in [-0.05, 0) is 49.7 Å². The van der Waals surface area contributed by atoms with Gasteiger partial charge in [-0.3, -0.25) is 0 Å². The zero-order chi connectivity index (χ0) is 23.9. The molecule has 11 heteroatoms. The number of nitrogens with zero attached hydrogens (tertiary/aromatic N) is 6. The van der Waals surface area contributed by atoms with Gasteiger partial charge in [-0.25, -0.2) is 33.3 Å². The Labute approximate surface area is 195 Å². The van der Waals surface area contributed by atoms with Gasteiger partial charge in [0, 0.05) is 24.6 Å². The molecule has 0 unspecified atom stereocenters. The number of ether oxygens (including phenoxy) is 1. The Hall–Kier alpha value is -4.12. The van der Waals surface area contributed by atoms with Crippen LogP contribution in [0.25, 0.3) is 22.1 Å². The quantitative estimate of drug-likeness (QED) is 0.362. The van der Waals surface area contributed by atoms with Gasteiger partial charge in [0.1, 0.15) is 28.9 Å². The normalized spacial score (nSPS) is 11.7. The zero-order valence-corrected chi connectivity index (χ0v) is 19.5.